The zero-order chi connectivity index (χ0) is 13.3. The van der Waals surface area contributed by atoms with Gasteiger partial charge in [-0.05, 0) is 17.5 Å². The Morgan fingerprint density at radius 2 is 2.06 bits per heavy atom. The van der Waals surface area contributed by atoms with Gasteiger partial charge in [-0.2, -0.15) is 5.10 Å². The van der Waals surface area contributed by atoms with Crippen LogP contribution in [-0.2, 0) is 0 Å². The number of aromatic nitrogens is 2. The maximum Gasteiger partial charge on any atom is 0.145 e. The van der Waals surface area contributed by atoms with Gasteiger partial charge >= 0.3 is 0 Å². The predicted octanol–water partition coefficient (Wildman–Crippen LogP) is 2.93. The number of anilines is 1. The normalized spacial score (nSPS) is 10.9. The molecule has 0 unspecified atom stereocenters. The minimum atomic E-state index is -0.266. The molecule has 1 aromatic heterocycles. The van der Waals surface area contributed by atoms with E-state index in [1.165, 1.54) is 13.2 Å². The number of nitrogen functional groups attached to an aromatic ring is 1. The van der Waals surface area contributed by atoms with Crippen LogP contribution in [0.2, 0.25) is 0 Å². The third kappa shape index (κ3) is 2.16. The molecule has 3 N–H and O–H groups in total. The molecule has 0 spiro atoms. The highest BCUT2D eigenvalue weighted by atomic mass is 19.1. The molecule has 96 valence electrons. The summed E-state index contributed by atoms with van der Waals surface area (Å²) in [5, 5.41) is 6.67. The number of H-pyrrole nitrogens is 1. The molecule has 1 heterocycles. The van der Waals surface area contributed by atoms with Crippen molar-refractivity contribution in [2.45, 2.75) is 19.8 Å². The maximum atomic E-state index is 13.9. The summed E-state index contributed by atoms with van der Waals surface area (Å²) in [5.41, 5.74) is 7.69. The molecule has 0 fully saturated rings. The number of methoxy groups -OCH3 is 1. The number of hydrogen-bond donors (Lipinski definition) is 2. The van der Waals surface area contributed by atoms with Gasteiger partial charge < -0.3 is 10.5 Å². The molecule has 0 atom stereocenters. The van der Waals surface area contributed by atoms with Crippen molar-refractivity contribution in [2.75, 3.05) is 12.8 Å². The van der Waals surface area contributed by atoms with Crippen molar-refractivity contribution in [3.63, 3.8) is 0 Å². The first kappa shape index (κ1) is 12.4. The Labute approximate surface area is 105 Å². The third-order valence-electron chi connectivity index (χ3n) is 2.83. The second-order valence-corrected chi connectivity index (χ2v) is 4.44. The number of benzene rings is 1. The first-order valence-corrected chi connectivity index (χ1v) is 5.71. The second kappa shape index (κ2) is 4.68. The number of hydrogen-bond acceptors (Lipinski definition) is 3. The number of ether oxygens (including phenoxy) is 1. The van der Waals surface area contributed by atoms with Crippen molar-refractivity contribution in [1.29, 1.82) is 0 Å². The van der Waals surface area contributed by atoms with Crippen molar-refractivity contribution in [1.82, 2.24) is 10.2 Å². The number of halogens is 1. The highest BCUT2D eigenvalue weighted by Gasteiger charge is 2.15. The topological polar surface area (TPSA) is 63.9 Å². The quantitative estimate of drug-likeness (QED) is 0.879. The number of nitrogens with one attached hydrogen (secondary N) is 1. The molecule has 18 heavy (non-hydrogen) atoms. The molecule has 5 heteroatoms. The highest BCUT2D eigenvalue weighted by Crippen LogP contribution is 2.34. The van der Waals surface area contributed by atoms with Gasteiger partial charge in [-0.15, -0.1) is 0 Å². The molecule has 0 aliphatic heterocycles. The number of nitrogens with two attached hydrogens (primary N) is 1. The summed E-state index contributed by atoms with van der Waals surface area (Å²) in [6, 6.07) is 4.85. The van der Waals surface area contributed by atoms with E-state index < -0.39 is 0 Å². The molecule has 0 saturated heterocycles. The Morgan fingerprint density at radius 3 is 2.56 bits per heavy atom. The number of nitrogens with zero attached hydrogens (tertiary/aromatic N) is 1. The molecule has 2 aromatic rings. The van der Waals surface area contributed by atoms with Gasteiger partial charge in [0.25, 0.3) is 0 Å². The Bertz CT molecular complexity index is 563. The molecule has 4 nitrogen and oxygen atoms in total. The van der Waals surface area contributed by atoms with Crippen molar-refractivity contribution in [3.05, 3.63) is 29.6 Å². The van der Waals surface area contributed by atoms with Gasteiger partial charge in [-0.1, -0.05) is 13.8 Å². The summed E-state index contributed by atoms with van der Waals surface area (Å²) in [4.78, 5) is 0. The molecule has 0 aliphatic rings. The Kier molecular flexibility index (Phi) is 3.23. The van der Waals surface area contributed by atoms with Crippen LogP contribution in [-0.4, -0.2) is 17.3 Å². The van der Waals surface area contributed by atoms with Gasteiger partial charge in [0.1, 0.15) is 17.4 Å². The van der Waals surface area contributed by atoms with Crippen molar-refractivity contribution in [3.8, 4) is 17.0 Å². The third-order valence-corrected chi connectivity index (χ3v) is 2.83. The van der Waals surface area contributed by atoms with Crippen LogP contribution >= 0.6 is 0 Å². The molecule has 0 amide bonds. The zero-order valence-electron chi connectivity index (χ0n) is 10.6. The lowest BCUT2D eigenvalue weighted by atomic mass is 9.98. The fraction of sp³-hybridized carbons (Fsp3) is 0.308. The summed E-state index contributed by atoms with van der Waals surface area (Å²) in [7, 11) is 1.51. The van der Waals surface area contributed by atoms with Gasteiger partial charge in [0.2, 0.25) is 0 Å². The van der Waals surface area contributed by atoms with E-state index in [2.05, 4.69) is 10.2 Å². The molecule has 0 radical (unpaired) electrons. The lowest BCUT2D eigenvalue weighted by molar-refractivity contribution is 0.412. The van der Waals surface area contributed by atoms with E-state index in [-0.39, 0.29) is 11.7 Å². The zero-order valence-corrected chi connectivity index (χ0v) is 10.6. The monoisotopic (exact) mass is 249 g/mol. The van der Waals surface area contributed by atoms with E-state index in [1.54, 1.807) is 12.1 Å². The van der Waals surface area contributed by atoms with E-state index >= 15 is 0 Å². The minimum absolute atomic E-state index is 0.0925. The van der Waals surface area contributed by atoms with Crippen LogP contribution in [0.1, 0.15) is 25.3 Å². The first-order chi connectivity index (χ1) is 8.52. The molecule has 0 aliphatic carbocycles. The predicted molar refractivity (Wildman–Crippen MR) is 69.0 cm³/mol. The Hall–Kier alpha value is -2.04. The smallest absolute Gasteiger partial charge is 0.145 e. The largest absolute Gasteiger partial charge is 0.496 e. The molecular formula is C13H16FN3O. The SMILES string of the molecule is COc1cc(F)c(C(C)C)cc1-c1cc(N)n[nH]1. The van der Waals surface area contributed by atoms with Crippen LogP contribution in [0.15, 0.2) is 18.2 Å². The minimum Gasteiger partial charge on any atom is -0.496 e. The summed E-state index contributed by atoms with van der Waals surface area (Å²) in [5.74, 6) is 0.677. The van der Waals surface area contributed by atoms with Crippen LogP contribution in [0.3, 0.4) is 0 Å². The lowest BCUT2D eigenvalue weighted by Gasteiger charge is -2.13. The van der Waals surface area contributed by atoms with Gasteiger partial charge in [-0.3, -0.25) is 5.10 Å². The average Bonchev–Trinajstić information content (AvgIpc) is 2.74. The standard InChI is InChI=1S/C13H16FN3O/c1-7(2)8-4-9(11-6-13(15)17-16-11)12(18-3)5-10(8)14/h4-7H,1-3H3,(H3,15,16,17). The fourth-order valence-corrected chi connectivity index (χ4v) is 1.87. The van der Waals surface area contributed by atoms with Gasteiger partial charge in [0, 0.05) is 17.7 Å². The fourth-order valence-electron chi connectivity index (χ4n) is 1.87. The molecule has 0 bridgehead atoms. The summed E-state index contributed by atoms with van der Waals surface area (Å²) in [6.07, 6.45) is 0. The summed E-state index contributed by atoms with van der Waals surface area (Å²) >= 11 is 0. The van der Waals surface area contributed by atoms with E-state index in [9.17, 15) is 4.39 Å². The first-order valence-electron chi connectivity index (χ1n) is 5.71. The van der Waals surface area contributed by atoms with Crippen LogP contribution in [0.4, 0.5) is 10.2 Å². The van der Waals surface area contributed by atoms with Crippen LogP contribution in [0.25, 0.3) is 11.3 Å². The average molecular weight is 249 g/mol. The Morgan fingerprint density at radius 1 is 1.33 bits per heavy atom. The number of rotatable bonds is 3. The van der Waals surface area contributed by atoms with E-state index in [0.29, 0.717) is 22.8 Å². The van der Waals surface area contributed by atoms with E-state index in [0.717, 1.165) is 5.56 Å². The number of aromatic amines is 1. The summed E-state index contributed by atoms with van der Waals surface area (Å²) < 4.78 is 19.1. The van der Waals surface area contributed by atoms with E-state index in [4.69, 9.17) is 10.5 Å². The molecular weight excluding hydrogens is 233 g/mol. The van der Waals surface area contributed by atoms with Crippen LogP contribution < -0.4 is 10.5 Å². The Balaban J connectivity index is 2.60. The van der Waals surface area contributed by atoms with E-state index in [1.807, 2.05) is 13.8 Å². The van der Waals surface area contributed by atoms with Gasteiger partial charge in [0.05, 0.1) is 12.8 Å². The summed E-state index contributed by atoms with van der Waals surface area (Å²) in [6.45, 7) is 3.88. The second-order valence-electron chi connectivity index (χ2n) is 4.44. The molecule has 0 saturated carbocycles. The van der Waals surface area contributed by atoms with Gasteiger partial charge in [-0.25, -0.2) is 4.39 Å². The van der Waals surface area contributed by atoms with Crippen LogP contribution in [0.5, 0.6) is 5.75 Å². The molecule has 1 aromatic carbocycles. The van der Waals surface area contributed by atoms with Gasteiger partial charge in [0.15, 0.2) is 0 Å². The van der Waals surface area contributed by atoms with Crippen molar-refractivity contribution in [2.24, 2.45) is 0 Å². The molecule has 2 rings (SSSR count). The van der Waals surface area contributed by atoms with Crippen molar-refractivity contribution >= 4 is 5.82 Å². The lowest BCUT2D eigenvalue weighted by Crippen LogP contribution is -1.97. The highest BCUT2D eigenvalue weighted by molar-refractivity contribution is 5.70. The van der Waals surface area contributed by atoms with Crippen molar-refractivity contribution < 1.29 is 9.13 Å². The van der Waals surface area contributed by atoms with Crippen LogP contribution in [0, 0.1) is 5.82 Å². The maximum absolute atomic E-state index is 13.9.